The molecule has 0 aliphatic rings. The average molecular weight is 353 g/mol. The standard InChI is InChI=1S/C21H23NO4/c1-15(2)14-22(21(26)17-6-4-3-5-7-17)18-10-8-16(9-11-18)19(23)12-13-20(24)25/h3-11,15H,12-14H2,1-2H3,(H,24,25). The topological polar surface area (TPSA) is 74.7 Å². The van der Waals surface area contributed by atoms with Crippen LogP contribution >= 0.6 is 0 Å². The quantitative estimate of drug-likeness (QED) is 0.727. The molecule has 0 fully saturated rings. The Morgan fingerprint density at radius 1 is 0.885 bits per heavy atom. The van der Waals surface area contributed by atoms with E-state index in [4.69, 9.17) is 5.11 Å². The fourth-order valence-corrected chi connectivity index (χ4v) is 2.60. The van der Waals surface area contributed by atoms with Crippen molar-refractivity contribution >= 4 is 23.3 Å². The van der Waals surface area contributed by atoms with E-state index in [0.29, 0.717) is 23.4 Å². The largest absolute Gasteiger partial charge is 0.481 e. The zero-order valence-electron chi connectivity index (χ0n) is 15.0. The summed E-state index contributed by atoms with van der Waals surface area (Å²) in [5.41, 5.74) is 1.77. The molecule has 5 nitrogen and oxygen atoms in total. The molecule has 0 aliphatic heterocycles. The number of benzene rings is 2. The number of Topliss-reactive ketones (excluding diaryl/α,β-unsaturated/α-hetero) is 1. The molecule has 0 spiro atoms. The summed E-state index contributed by atoms with van der Waals surface area (Å²) in [6.07, 6.45) is -0.222. The SMILES string of the molecule is CC(C)CN(C(=O)c1ccccc1)c1ccc(C(=O)CCC(=O)O)cc1. The van der Waals surface area contributed by atoms with Gasteiger partial charge in [0.2, 0.25) is 0 Å². The van der Waals surface area contributed by atoms with Gasteiger partial charge in [0, 0.05) is 29.8 Å². The molecular formula is C21H23NO4. The van der Waals surface area contributed by atoms with Gasteiger partial charge in [-0.3, -0.25) is 14.4 Å². The second-order valence-corrected chi connectivity index (χ2v) is 6.54. The number of hydrogen-bond donors (Lipinski definition) is 1. The molecule has 26 heavy (non-hydrogen) atoms. The zero-order chi connectivity index (χ0) is 19.1. The van der Waals surface area contributed by atoms with Crippen molar-refractivity contribution in [1.82, 2.24) is 0 Å². The minimum absolute atomic E-state index is 0.0344. The van der Waals surface area contributed by atoms with Crippen LogP contribution < -0.4 is 4.90 Å². The third kappa shape index (κ3) is 5.28. The van der Waals surface area contributed by atoms with Gasteiger partial charge in [0.05, 0.1) is 6.42 Å². The molecule has 2 rings (SSSR count). The first-order chi connectivity index (χ1) is 12.4. The molecular weight excluding hydrogens is 330 g/mol. The van der Waals surface area contributed by atoms with Gasteiger partial charge in [-0.2, -0.15) is 0 Å². The Kier molecular flexibility index (Phi) is 6.67. The van der Waals surface area contributed by atoms with Gasteiger partial charge in [-0.15, -0.1) is 0 Å². The van der Waals surface area contributed by atoms with E-state index in [-0.39, 0.29) is 30.4 Å². The molecule has 1 N–H and O–H groups in total. The van der Waals surface area contributed by atoms with Gasteiger partial charge in [0.15, 0.2) is 5.78 Å². The average Bonchev–Trinajstić information content (AvgIpc) is 2.64. The lowest BCUT2D eigenvalue weighted by molar-refractivity contribution is -0.136. The molecule has 0 unspecified atom stereocenters. The highest BCUT2D eigenvalue weighted by Crippen LogP contribution is 2.20. The monoisotopic (exact) mass is 353 g/mol. The number of hydrogen-bond acceptors (Lipinski definition) is 3. The van der Waals surface area contributed by atoms with Crippen molar-refractivity contribution in [1.29, 1.82) is 0 Å². The van der Waals surface area contributed by atoms with Gasteiger partial charge in [0.1, 0.15) is 0 Å². The Morgan fingerprint density at radius 3 is 2.04 bits per heavy atom. The Labute approximate surface area is 153 Å². The van der Waals surface area contributed by atoms with E-state index < -0.39 is 5.97 Å². The molecule has 0 bridgehead atoms. The maximum Gasteiger partial charge on any atom is 0.303 e. The number of carbonyl (C=O) groups excluding carboxylic acids is 2. The van der Waals surface area contributed by atoms with Crippen LogP contribution in [0.5, 0.6) is 0 Å². The van der Waals surface area contributed by atoms with Gasteiger partial charge < -0.3 is 10.0 Å². The number of carboxylic acids is 1. The number of anilines is 1. The molecule has 0 aliphatic carbocycles. The molecule has 2 aromatic rings. The normalized spacial score (nSPS) is 10.6. The lowest BCUT2D eigenvalue weighted by Crippen LogP contribution is -2.34. The lowest BCUT2D eigenvalue weighted by Gasteiger charge is -2.25. The van der Waals surface area contributed by atoms with E-state index in [2.05, 4.69) is 0 Å². The second kappa shape index (κ2) is 8.94. The Morgan fingerprint density at radius 2 is 1.50 bits per heavy atom. The lowest BCUT2D eigenvalue weighted by atomic mass is 10.1. The molecule has 1 amide bonds. The van der Waals surface area contributed by atoms with E-state index in [9.17, 15) is 14.4 Å². The van der Waals surface area contributed by atoms with Crippen LogP contribution in [0.1, 0.15) is 47.4 Å². The minimum Gasteiger partial charge on any atom is -0.481 e. The predicted molar refractivity (Wildman–Crippen MR) is 101 cm³/mol. The highest BCUT2D eigenvalue weighted by atomic mass is 16.4. The summed E-state index contributed by atoms with van der Waals surface area (Å²) >= 11 is 0. The van der Waals surface area contributed by atoms with Crippen molar-refractivity contribution in [2.24, 2.45) is 5.92 Å². The summed E-state index contributed by atoms with van der Waals surface area (Å²) in [7, 11) is 0. The Hall–Kier alpha value is -2.95. The van der Waals surface area contributed by atoms with Crippen LogP contribution in [0.15, 0.2) is 54.6 Å². The molecule has 2 aromatic carbocycles. The van der Waals surface area contributed by atoms with Crippen LogP contribution in [0.25, 0.3) is 0 Å². The summed E-state index contributed by atoms with van der Waals surface area (Å²) in [6.45, 7) is 4.63. The van der Waals surface area contributed by atoms with Gasteiger partial charge in [-0.25, -0.2) is 0 Å². The number of aliphatic carboxylic acids is 1. The smallest absolute Gasteiger partial charge is 0.303 e. The number of carboxylic acid groups (broad SMARTS) is 1. The van der Waals surface area contributed by atoms with Crippen LogP contribution in [0, 0.1) is 5.92 Å². The maximum absolute atomic E-state index is 12.9. The number of ketones is 1. The van der Waals surface area contributed by atoms with Crippen molar-refractivity contribution in [2.75, 3.05) is 11.4 Å². The van der Waals surface area contributed by atoms with E-state index in [0.717, 1.165) is 0 Å². The Balaban J connectivity index is 2.22. The van der Waals surface area contributed by atoms with E-state index in [1.165, 1.54) is 0 Å². The molecule has 0 saturated carbocycles. The zero-order valence-corrected chi connectivity index (χ0v) is 15.0. The first-order valence-electron chi connectivity index (χ1n) is 8.60. The van der Waals surface area contributed by atoms with Crippen molar-refractivity contribution in [3.8, 4) is 0 Å². The van der Waals surface area contributed by atoms with Gasteiger partial charge in [-0.05, 0) is 42.3 Å². The van der Waals surface area contributed by atoms with Crippen molar-refractivity contribution in [3.05, 3.63) is 65.7 Å². The highest BCUT2D eigenvalue weighted by molar-refractivity contribution is 6.06. The Bertz CT molecular complexity index is 766. The highest BCUT2D eigenvalue weighted by Gasteiger charge is 2.19. The number of amides is 1. The molecule has 5 heteroatoms. The van der Waals surface area contributed by atoms with Gasteiger partial charge in [0.25, 0.3) is 5.91 Å². The molecule has 0 saturated heterocycles. The minimum atomic E-state index is -0.994. The molecule has 0 radical (unpaired) electrons. The molecule has 0 heterocycles. The fourth-order valence-electron chi connectivity index (χ4n) is 2.60. The van der Waals surface area contributed by atoms with Crippen LogP contribution in [0.2, 0.25) is 0 Å². The van der Waals surface area contributed by atoms with E-state index >= 15 is 0 Å². The third-order valence-corrected chi connectivity index (χ3v) is 3.88. The van der Waals surface area contributed by atoms with Crippen LogP contribution in [0.3, 0.4) is 0 Å². The maximum atomic E-state index is 12.9. The van der Waals surface area contributed by atoms with E-state index in [1.54, 1.807) is 41.3 Å². The first-order valence-corrected chi connectivity index (χ1v) is 8.60. The molecule has 0 atom stereocenters. The van der Waals surface area contributed by atoms with Crippen molar-refractivity contribution < 1.29 is 19.5 Å². The fraction of sp³-hybridized carbons (Fsp3) is 0.286. The summed E-state index contributed by atoms with van der Waals surface area (Å²) in [5, 5.41) is 8.68. The molecule has 136 valence electrons. The molecule has 0 aromatic heterocycles. The van der Waals surface area contributed by atoms with Crippen LogP contribution in [-0.2, 0) is 4.79 Å². The number of nitrogens with zero attached hydrogens (tertiary/aromatic N) is 1. The predicted octanol–water partition coefficient (Wildman–Crippen LogP) is 4.04. The van der Waals surface area contributed by atoms with Crippen LogP contribution in [0.4, 0.5) is 5.69 Å². The van der Waals surface area contributed by atoms with E-state index in [1.807, 2.05) is 32.0 Å². The number of carbonyl (C=O) groups is 3. The number of rotatable bonds is 8. The second-order valence-electron chi connectivity index (χ2n) is 6.54. The van der Waals surface area contributed by atoms with Crippen LogP contribution in [-0.4, -0.2) is 29.3 Å². The summed E-state index contributed by atoms with van der Waals surface area (Å²) < 4.78 is 0. The van der Waals surface area contributed by atoms with Crippen molar-refractivity contribution in [3.63, 3.8) is 0 Å². The van der Waals surface area contributed by atoms with Crippen molar-refractivity contribution in [2.45, 2.75) is 26.7 Å². The summed E-state index contributed by atoms with van der Waals surface area (Å²) in [5.74, 6) is -1.03. The third-order valence-electron chi connectivity index (χ3n) is 3.88. The summed E-state index contributed by atoms with van der Waals surface area (Å²) in [4.78, 5) is 37.2. The first kappa shape index (κ1) is 19.4. The summed E-state index contributed by atoms with van der Waals surface area (Å²) in [6, 6.07) is 15.8. The van der Waals surface area contributed by atoms with Gasteiger partial charge in [-0.1, -0.05) is 32.0 Å². The van der Waals surface area contributed by atoms with Gasteiger partial charge >= 0.3 is 5.97 Å².